The Kier molecular flexibility index (Phi) is 3.66. The van der Waals surface area contributed by atoms with Gasteiger partial charge in [0.2, 0.25) is 0 Å². The van der Waals surface area contributed by atoms with E-state index in [1.54, 1.807) is 18.2 Å². The van der Waals surface area contributed by atoms with Crippen molar-refractivity contribution in [1.29, 1.82) is 0 Å². The minimum Gasteiger partial charge on any atom is -0.494 e. The van der Waals surface area contributed by atoms with Crippen LogP contribution in [0.5, 0.6) is 5.75 Å². The molecule has 98 valence electrons. The molecule has 0 spiro atoms. The molecule has 4 nitrogen and oxygen atoms in total. The maximum atomic E-state index is 13.5. The predicted octanol–water partition coefficient (Wildman–Crippen LogP) is 3.28. The number of anilines is 2. The van der Waals surface area contributed by atoms with Gasteiger partial charge in [-0.05, 0) is 36.4 Å². The molecular weight excluding hydrogens is 249 g/mol. The van der Waals surface area contributed by atoms with Gasteiger partial charge in [-0.25, -0.2) is 9.18 Å². The molecule has 0 radical (unpaired) electrons. The Labute approximate surface area is 109 Å². The summed E-state index contributed by atoms with van der Waals surface area (Å²) in [6.45, 7) is 0. The SMILES string of the molecule is COc1ccc(Nc2ccc(C(=O)O)cc2)cc1F. The van der Waals surface area contributed by atoms with Gasteiger partial charge in [0.05, 0.1) is 12.7 Å². The van der Waals surface area contributed by atoms with Crippen LogP contribution in [-0.4, -0.2) is 18.2 Å². The standard InChI is InChI=1S/C14H12FNO3/c1-19-13-7-6-11(8-12(13)15)16-10-4-2-9(3-5-10)14(17)18/h2-8,16H,1H3,(H,17,18). The number of carbonyl (C=O) groups is 1. The van der Waals surface area contributed by atoms with E-state index in [-0.39, 0.29) is 11.3 Å². The molecule has 0 saturated heterocycles. The zero-order valence-corrected chi connectivity index (χ0v) is 10.2. The first-order chi connectivity index (χ1) is 9.10. The lowest BCUT2D eigenvalue weighted by atomic mass is 10.2. The summed E-state index contributed by atoms with van der Waals surface area (Å²) >= 11 is 0. The van der Waals surface area contributed by atoms with Crippen molar-refractivity contribution in [3.63, 3.8) is 0 Å². The molecule has 5 heteroatoms. The molecule has 0 aliphatic carbocycles. The highest BCUT2D eigenvalue weighted by molar-refractivity contribution is 5.88. The van der Waals surface area contributed by atoms with Crippen LogP contribution in [0.4, 0.5) is 15.8 Å². The average molecular weight is 261 g/mol. The summed E-state index contributed by atoms with van der Waals surface area (Å²) in [5.41, 5.74) is 1.43. The predicted molar refractivity (Wildman–Crippen MR) is 69.6 cm³/mol. The van der Waals surface area contributed by atoms with Crippen molar-refractivity contribution in [1.82, 2.24) is 0 Å². The van der Waals surface area contributed by atoms with E-state index in [1.165, 1.54) is 31.4 Å². The van der Waals surface area contributed by atoms with E-state index in [0.717, 1.165) is 0 Å². The van der Waals surface area contributed by atoms with E-state index in [2.05, 4.69) is 5.32 Å². The van der Waals surface area contributed by atoms with E-state index in [1.807, 2.05) is 0 Å². The highest BCUT2D eigenvalue weighted by Gasteiger charge is 2.05. The number of benzene rings is 2. The van der Waals surface area contributed by atoms with E-state index in [0.29, 0.717) is 11.4 Å². The molecule has 2 aromatic rings. The minimum atomic E-state index is -0.984. The third-order valence-corrected chi connectivity index (χ3v) is 2.57. The van der Waals surface area contributed by atoms with Gasteiger partial charge in [0.1, 0.15) is 0 Å². The number of halogens is 1. The molecule has 0 saturated carbocycles. The van der Waals surface area contributed by atoms with Gasteiger partial charge < -0.3 is 15.2 Å². The summed E-state index contributed by atoms with van der Waals surface area (Å²) in [6, 6.07) is 10.7. The first kappa shape index (κ1) is 12.9. The number of carboxylic acid groups (broad SMARTS) is 1. The highest BCUT2D eigenvalue weighted by atomic mass is 19.1. The lowest BCUT2D eigenvalue weighted by Gasteiger charge is -2.08. The van der Waals surface area contributed by atoms with Gasteiger partial charge >= 0.3 is 5.97 Å². The lowest BCUT2D eigenvalue weighted by molar-refractivity contribution is 0.0697. The molecule has 0 amide bonds. The van der Waals surface area contributed by atoms with Gasteiger partial charge in [-0.15, -0.1) is 0 Å². The number of hydrogen-bond donors (Lipinski definition) is 2. The van der Waals surface area contributed by atoms with Crippen LogP contribution in [0.3, 0.4) is 0 Å². The molecular formula is C14H12FNO3. The second kappa shape index (κ2) is 5.39. The fourth-order valence-electron chi connectivity index (χ4n) is 1.61. The molecule has 0 unspecified atom stereocenters. The Morgan fingerprint density at radius 3 is 2.32 bits per heavy atom. The van der Waals surface area contributed by atoms with Crippen LogP contribution >= 0.6 is 0 Å². The summed E-state index contributed by atoms with van der Waals surface area (Å²) in [6.07, 6.45) is 0. The number of aromatic carboxylic acids is 1. The number of rotatable bonds is 4. The molecule has 2 aromatic carbocycles. The van der Waals surface area contributed by atoms with Gasteiger partial charge in [-0.2, -0.15) is 0 Å². The van der Waals surface area contributed by atoms with Gasteiger partial charge in [0, 0.05) is 17.4 Å². The van der Waals surface area contributed by atoms with E-state index >= 15 is 0 Å². The molecule has 2 rings (SSSR count). The largest absolute Gasteiger partial charge is 0.494 e. The second-order valence-corrected chi connectivity index (χ2v) is 3.86. The fourth-order valence-corrected chi connectivity index (χ4v) is 1.61. The van der Waals surface area contributed by atoms with Crippen LogP contribution in [0, 0.1) is 5.82 Å². The van der Waals surface area contributed by atoms with Crippen LogP contribution in [0.1, 0.15) is 10.4 Å². The van der Waals surface area contributed by atoms with Crippen molar-refractivity contribution in [2.24, 2.45) is 0 Å². The Morgan fingerprint density at radius 1 is 1.16 bits per heavy atom. The Bertz CT molecular complexity index is 596. The van der Waals surface area contributed by atoms with Crippen LogP contribution in [-0.2, 0) is 0 Å². The quantitative estimate of drug-likeness (QED) is 0.886. The number of hydrogen-bond acceptors (Lipinski definition) is 3. The minimum absolute atomic E-state index is 0.173. The smallest absolute Gasteiger partial charge is 0.335 e. The van der Waals surface area contributed by atoms with Crippen LogP contribution in [0.2, 0.25) is 0 Å². The molecule has 0 heterocycles. The molecule has 0 aliphatic rings. The normalized spacial score (nSPS) is 10.0. The van der Waals surface area contributed by atoms with E-state index in [9.17, 15) is 9.18 Å². The Morgan fingerprint density at radius 2 is 1.79 bits per heavy atom. The molecule has 0 bridgehead atoms. The summed E-state index contributed by atoms with van der Waals surface area (Å²) in [7, 11) is 1.40. The lowest BCUT2D eigenvalue weighted by Crippen LogP contribution is -1.97. The average Bonchev–Trinajstić information content (AvgIpc) is 2.39. The van der Waals surface area contributed by atoms with Crippen molar-refractivity contribution >= 4 is 17.3 Å². The molecule has 0 fully saturated rings. The Hall–Kier alpha value is -2.56. The topological polar surface area (TPSA) is 58.6 Å². The van der Waals surface area contributed by atoms with Gasteiger partial charge in [0.15, 0.2) is 11.6 Å². The Balaban J connectivity index is 2.16. The maximum Gasteiger partial charge on any atom is 0.335 e. The van der Waals surface area contributed by atoms with Gasteiger partial charge in [0.25, 0.3) is 0 Å². The van der Waals surface area contributed by atoms with E-state index in [4.69, 9.17) is 9.84 Å². The monoisotopic (exact) mass is 261 g/mol. The summed E-state index contributed by atoms with van der Waals surface area (Å²) in [5, 5.41) is 11.7. The van der Waals surface area contributed by atoms with Crippen molar-refractivity contribution < 1.29 is 19.0 Å². The molecule has 0 atom stereocenters. The summed E-state index contributed by atoms with van der Waals surface area (Å²) < 4.78 is 18.3. The summed E-state index contributed by atoms with van der Waals surface area (Å²) in [4.78, 5) is 10.7. The zero-order chi connectivity index (χ0) is 13.8. The summed E-state index contributed by atoms with van der Waals surface area (Å²) in [5.74, 6) is -1.27. The number of methoxy groups -OCH3 is 1. The fraction of sp³-hybridized carbons (Fsp3) is 0.0714. The van der Waals surface area contributed by atoms with Crippen LogP contribution < -0.4 is 10.1 Å². The molecule has 2 N–H and O–H groups in total. The highest BCUT2D eigenvalue weighted by Crippen LogP contribution is 2.23. The second-order valence-electron chi connectivity index (χ2n) is 3.86. The van der Waals surface area contributed by atoms with Crippen molar-refractivity contribution in [2.45, 2.75) is 0 Å². The van der Waals surface area contributed by atoms with Gasteiger partial charge in [-0.3, -0.25) is 0 Å². The van der Waals surface area contributed by atoms with E-state index < -0.39 is 11.8 Å². The number of ether oxygens (including phenoxy) is 1. The maximum absolute atomic E-state index is 13.5. The molecule has 19 heavy (non-hydrogen) atoms. The third-order valence-electron chi connectivity index (χ3n) is 2.57. The molecule has 0 aromatic heterocycles. The van der Waals surface area contributed by atoms with Gasteiger partial charge in [-0.1, -0.05) is 0 Å². The number of nitrogens with one attached hydrogen (secondary N) is 1. The van der Waals surface area contributed by atoms with Crippen molar-refractivity contribution in [3.05, 3.63) is 53.8 Å². The third kappa shape index (κ3) is 3.01. The molecule has 0 aliphatic heterocycles. The number of carboxylic acids is 1. The first-order valence-electron chi connectivity index (χ1n) is 5.54. The van der Waals surface area contributed by atoms with Crippen LogP contribution in [0.15, 0.2) is 42.5 Å². The first-order valence-corrected chi connectivity index (χ1v) is 5.54. The van der Waals surface area contributed by atoms with Crippen molar-refractivity contribution in [3.8, 4) is 5.75 Å². The van der Waals surface area contributed by atoms with Crippen molar-refractivity contribution in [2.75, 3.05) is 12.4 Å². The van der Waals surface area contributed by atoms with Crippen LogP contribution in [0.25, 0.3) is 0 Å². The zero-order valence-electron chi connectivity index (χ0n) is 10.2.